The fourth-order valence-electron chi connectivity index (χ4n) is 20.9. The molecule has 5 heteroatoms. The summed E-state index contributed by atoms with van der Waals surface area (Å²) < 4.78 is 5.25. The van der Waals surface area contributed by atoms with Crippen LogP contribution in [0.4, 0.5) is 22.7 Å². The number of benzene rings is 7. The lowest BCUT2D eigenvalue weighted by atomic mass is 9.33. The van der Waals surface area contributed by atoms with Gasteiger partial charge in [0, 0.05) is 67.8 Å². The zero-order valence-corrected chi connectivity index (χ0v) is 49.5. The zero-order chi connectivity index (χ0) is 54.5. The molecule has 2 aromatic heterocycles. The Morgan fingerprint density at radius 3 is 0.916 bits per heavy atom. The highest BCUT2D eigenvalue weighted by molar-refractivity contribution is 7.00. The minimum atomic E-state index is 0.118. The van der Waals surface area contributed by atoms with Crippen molar-refractivity contribution in [1.82, 2.24) is 9.13 Å². The van der Waals surface area contributed by atoms with E-state index < -0.39 is 0 Å². The van der Waals surface area contributed by atoms with Gasteiger partial charge in [-0.15, -0.1) is 0 Å². The molecule has 6 fully saturated rings. The van der Waals surface area contributed by atoms with E-state index in [0.29, 0.717) is 35.8 Å². The second-order valence-corrected chi connectivity index (χ2v) is 28.2. The third-order valence-corrected chi connectivity index (χ3v) is 24.2. The maximum Gasteiger partial charge on any atom is 0.252 e. The summed E-state index contributed by atoms with van der Waals surface area (Å²) in [6.07, 6.45) is 36.6. The van der Waals surface area contributed by atoms with Crippen LogP contribution in [0.15, 0.2) is 152 Å². The number of hydrogen-bond acceptors (Lipinski definition) is 2. The van der Waals surface area contributed by atoms with Crippen LogP contribution in [0.5, 0.6) is 0 Å². The largest absolute Gasteiger partial charge is 0.339 e. The first-order valence-corrected chi connectivity index (χ1v) is 34.2. The molecule has 83 heavy (non-hydrogen) atoms. The van der Waals surface area contributed by atoms with Crippen molar-refractivity contribution >= 4 is 89.5 Å². The number of hydrogen-bond donors (Lipinski definition) is 0. The van der Waals surface area contributed by atoms with Crippen molar-refractivity contribution in [2.45, 2.75) is 179 Å². The number of aromatic nitrogens is 2. The molecule has 0 radical (unpaired) electrons. The molecule has 4 unspecified atom stereocenters. The first-order chi connectivity index (χ1) is 41.2. The average Bonchev–Trinajstić information content (AvgIpc) is 1.88. The molecule has 4 heterocycles. The van der Waals surface area contributed by atoms with Crippen molar-refractivity contribution in [2.75, 3.05) is 9.80 Å². The first kappa shape index (κ1) is 51.2. The van der Waals surface area contributed by atoms with E-state index >= 15 is 0 Å². The highest BCUT2D eigenvalue weighted by atomic mass is 15.2. The molecule has 6 aliphatic carbocycles. The maximum absolute atomic E-state index is 3.17. The molecule has 2 aliphatic heterocycles. The molecule has 7 aromatic carbocycles. The molecular weight excluding hydrogens is 1000 g/mol. The van der Waals surface area contributed by atoms with Crippen LogP contribution in [0.2, 0.25) is 0 Å². The Kier molecular flexibility index (Phi) is 13.2. The summed E-state index contributed by atoms with van der Waals surface area (Å²) in [5, 5.41) is 5.37. The summed E-state index contributed by atoms with van der Waals surface area (Å²) in [6.45, 7) is 0.118. The Morgan fingerprint density at radius 2 is 0.590 bits per heavy atom. The van der Waals surface area contributed by atoms with Gasteiger partial charge in [-0.2, -0.15) is 0 Å². The van der Waals surface area contributed by atoms with Gasteiger partial charge in [0.2, 0.25) is 0 Å². The molecule has 4 nitrogen and oxygen atoms in total. The summed E-state index contributed by atoms with van der Waals surface area (Å²) in [4.78, 5) is 6.35. The third-order valence-electron chi connectivity index (χ3n) is 24.2. The van der Waals surface area contributed by atoms with Crippen LogP contribution in [0.25, 0.3) is 55.0 Å². The molecule has 0 bridgehead atoms. The second kappa shape index (κ2) is 21.4. The van der Waals surface area contributed by atoms with Gasteiger partial charge in [0.05, 0.1) is 22.1 Å². The summed E-state index contributed by atoms with van der Waals surface area (Å²) in [7, 11) is 0. The number of anilines is 4. The number of fused-ring (bicyclic) bond motifs is 10. The zero-order valence-electron chi connectivity index (χ0n) is 49.5. The van der Waals surface area contributed by atoms with Crippen LogP contribution < -0.4 is 26.2 Å². The van der Waals surface area contributed by atoms with Gasteiger partial charge in [0.25, 0.3) is 6.71 Å². The van der Waals surface area contributed by atoms with Crippen molar-refractivity contribution in [3.05, 3.63) is 152 Å². The standard InChI is InChI=1S/C78H87BN4/c1-5-24-52(25-6-1)58-36-21-37-59(53-26-7-2-8-27-53)77(58)82-72-44-23-45-73-76(72)79(66-48-46-56(50-74(66)82)80-68-40-17-13-32-62(68)63-33-14-18-41-69(63)80)67-49-47-57(81-70-42-19-15-34-64(70)65-35-16-20-43-71(65)81)51-75(67)83(73)78-60(54-28-9-3-10-29-54)38-22-39-61(78)55-30-11-4-12-31-55/h13-20,23,32-35,40-55,58-61,77-78H,1-12,21-22,24-31,36-39H2. The van der Waals surface area contributed by atoms with Gasteiger partial charge >= 0.3 is 0 Å². The predicted molar refractivity (Wildman–Crippen MR) is 352 cm³/mol. The molecule has 0 spiro atoms. The lowest BCUT2D eigenvalue weighted by Crippen LogP contribution is -2.66. The highest BCUT2D eigenvalue weighted by Gasteiger charge is 2.53. The molecule has 0 saturated heterocycles. The molecule has 9 aromatic rings. The summed E-state index contributed by atoms with van der Waals surface area (Å²) in [5.41, 5.74) is 18.6. The van der Waals surface area contributed by atoms with Crippen molar-refractivity contribution in [1.29, 1.82) is 0 Å². The van der Waals surface area contributed by atoms with E-state index in [1.165, 1.54) is 244 Å². The molecule has 8 aliphatic rings. The van der Waals surface area contributed by atoms with E-state index in [-0.39, 0.29) is 6.71 Å². The number of rotatable bonds is 8. The minimum absolute atomic E-state index is 0.118. The summed E-state index contributed by atoms with van der Waals surface area (Å²) >= 11 is 0. The van der Waals surface area contributed by atoms with Gasteiger partial charge in [0.15, 0.2) is 0 Å². The van der Waals surface area contributed by atoms with E-state index in [1.807, 2.05) is 0 Å². The van der Waals surface area contributed by atoms with Crippen molar-refractivity contribution < 1.29 is 0 Å². The van der Waals surface area contributed by atoms with Gasteiger partial charge in [-0.25, -0.2) is 0 Å². The Bertz CT molecular complexity index is 3450. The Hall–Kier alpha value is -6.20. The number of nitrogens with zero attached hydrogens (tertiary/aromatic N) is 4. The normalized spacial score (nSPS) is 25.8. The Morgan fingerprint density at radius 1 is 0.277 bits per heavy atom. The maximum atomic E-state index is 3.17. The monoisotopic (exact) mass is 1090 g/mol. The van der Waals surface area contributed by atoms with Crippen LogP contribution in [0.1, 0.15) is 167 Å². The second-order valence-electron chi connectivity index (χ2n) is 28.2. The van der Waals surface area contributed by atoms with Gasteiger partial charge in [-0.3, -0.25) is 0 Å². The van der Waals surface area contributed by atoms with E-state index in [1.54, 1.807) is 16.8 Å². The molecule has 4 atom stereocenters. The average molecular weight is 1090 g/mol. The van der Waals surface area contributed by atoms with Gasteiger partial charge < -0.3 is 18.9 Å². The third kappa shape index (κ3) is 8.39. The van der Waals surface area contributed by atoms with Crippen LogP contribution in [-0.2, 0) is 0 Å². The van der Waals surface area contributed by atoms with E-state index in [2.05, 4.69) is 171 Å². The van der Waals surface area contributed by atoms with Crippen molar-refractivity contribution in [3.8, 4) is 11.4 Å². The fraction of sp³-hybridized carbons (Fsp3) is 0.462. The summed E-state index contributed by atoms with van der Waals surface area (Å²) in [6, 6.07) is 61.7. The van der Waals surface area contributed by atoms with Gasteiger partial charge in [-0.05, 0) is 150 Å². The van der Waals surface area contributed by atoms with Crippen molar-refractivity contribution in [3.63, 3.8) is 0 Å². The molecule has 422 valence electrons. The van der Waals surface area contributed by atoms with E-state index in [0.717, 1.165) is 23.7 Å². The highest BCUT2D eigenvalue weighted by Crippen LogP contribution is 2.55. The van der Waals surface area contributed by atoms with Crippen LogP contribution >= 0.6 is 0 Å². The molecule has 0 N–H and O–H groups in total. The van der Waals surface area contributed by atoms with E-state index in [4.69, 9.17) is 0 Å². The van der Waals surface area contributed by atoms with Crippen LogP contribution in [0.3, 0.4) is 0 Å². The quantitative estimate of drug-likeness (QED) is 0.141. The topological polar surface area (TPSA) is 16.3 Å². The lowest BCUT2D eigenvalue weighted by Gasteiger charge is -2.57. The molecular formula is C78H87BN4. The molecule has 0 amide bonds. The van der Waals surface area contributed by atoms with Crippen LogP contribution in [-0.4, -0.2) is 27.9 Å². The van der Waals surface area contributed by atoms with Crippen LogP contribution in [0, 0.1) is 47.3 Å². The predicted octanol–water partition coefficient (Wildman–Crippen LogP) is 19.2. The van der Waals surface area contributed by atoms with Gasteiger partial charge in [0.1, 0.15) is 0 Å². The first-order valence-electron chi connectivity index (χ1n) is 34.2. The van der Waals surface area contributed by atoms with E-state index in [9.17, 15) is 0 Å². The Balaban J connectivity index is 0.943. The van der Waals surface area contributed by atoms with Crippen molar-refractivity contribution in [2.24, 2.45) is 47.3 Å². The minimum Gasteiger partial charge on any atom is -0.339 e. The SMILES string of the molecule is c1cc2c3c(c1)N(C1C(C4CCCCC4)CCCC1C1CCCCC1)c1cc(-n4c5ccccc5c5ccccc54)ccc1B3c1ccc(-n3c4ccccc4c4ccccc43)cc1N2C1C(C2CCCCC2)CCCC1C1CCCCC1. The smallest absolute Gasteiger partial charge is 0.252 e. The fourth-order valence-corrected chi connectivity index (χ4v) is 20.9. The molecule has 6 saturated carbocycles. The van der Waals surface area contributed by atoms with Gasteiger partial charge in [-0.1, -0.05) is 232 Å². The molecule has 17 rings (SSSR count). The number of para-hydroxylation sites is 4. The lowest BCUT2D eigenvalue weighted by molar-refractivity contribution is 0.0835. The Labute approximate surface area is 495 Å². The summed E-state index contributed by atoms with van der Waals surface area (Å²) in [5.74, 6) is 5.97.